The van der Waals surface area contributed by atoms with Gasteiger partial charge < -0.3 is 14.0 Å². The van der Waals surface area contributed by atoms with Gasteiger partial charge in [0.25, 0.3) is 11.3 Å². The second-order valence-corrected chi connectivity index (χ2v) is 7.53. The zero-order chi connectivity index (χ0) is 19.4. The molecule has 8 nitrogen and oxygen atoms in total. The average molecular weight is 389 g/mol. The number of hydrogen-bond acceptors (Lipinski definition) is 6. The Morgan fingerprint density at radius 3 is 2.72 bits per heavy atom. The highest BCUT2D eigenvalue weighted by Gasteiger charge is 2.20. The number of ether oxygens (including phenoxy) is 2. The van der Waals surface area contributed by atoms with Gasteiger partial charge in [-0.3, -0.25) is 4.79 Å². The van der Waals surface area contributed by atoms with Crippen LogP contribution in [0.5, 0.6) is 11.5 Å². The topological polar surface area (TPSA) is 83.5 Å². The van der Waals surface area contributed by atoms with E-state index in [2.05, 4.69) is 15.1 Å². The van der Waals surface area contributed by atoms with Gasteiger partial charge in [-0.1, -0.05) is 12.8 Å². The van der Waals surface area contributed by atoms with Crippen LogP contribution < -0.4 is 15.0 Å². The van der Waals surface area contributed by atoms with E-state index in [0.29, 0.717) is 41.5 Å². The van der Waals surface area contributed by atoms with E-state index in [1.807, 2.05) is 35.0 Å². The average Bonchev–Trinajstić information content (AvgIpc) is 3.44. The molecule has 0 amide bonds. The molecule has 0 spiro atoms. The molecule has 1 aliphatic heterocycles. The molecule has 0 bridgehead atoms. The highest BCUT2D eigenvalue weighted by Crippen LogP contribution is 2.34. The largest absolute Gasteiger partial charge is 0.486 e. The maximum absolute atomic E-state index is 13.0. The minimum absolute atomic E-state index is 0.0137. The Kier molecular flexibility index (Phi) is 3.59. The van der Waals surface area contributed by atoms with Crippen LogP contribution in [0.15, 0.2) is 41.5 Å². The van der Waals surface area contributed by atoms with E-state index in [-0.39, 0.29) is 11.6 Å². The van der Waals surface area contributed by atoms with Crippen molar-refractivity contribution in [2.75, 3.05) is 13.2 Å². The number of hydrogen-bond donors (Lipinski definition) is 0. The Labute approximate surface area is 165 Å². The number of rotatable bonds is 2. The molecule has 0 N–H and O–H groups in total. The van der Waals surface area contributed by atoms with Crippen LogP contribution in [0.25, 0.3) is 28.1 Å². The summed E-state index contributed by atoms with van der Waals surface area (Å²) in [5, 5.41) is 5.19. The minimum Gasteiger partial charge on any atom is -0.486 e. The van der Waals surface area contributed by atoms with Crippen LogP contribution in [0.1, 0.15) is 31.7 Å². The first-order valence-corrected chi connectivity index (χ1v) is 9.94. The number of pyridine rings is 1. The molecular formula is C21H19N5O3. The predicted molar refractivity (Wildman–Crippen MR) is 106 cm³/mol. The third kappa shape index (κ3) is 2.59. The van der Waals surface area contributed by atoms with E-state index in [0.717, 1.165) is 24.2 Å². The summed E-state index contributed by atoms with van der Waals surface area (Å²) in [5.74, 6) is 2.40. The molecule has 1 saturated carbocycles. The maximum Gasteiger partial charge on any atom is 0.261 e. The van der Waals surface area contributed by atoms with Crippen molar-refractivity contribution in [1.82, 2.24) is 24.1 Å². The molecule has 146 valence electrons. The molecule has 29 heavy (non-hydrogen) atoms. The highest BCUT2D eigenvalue weighted by atomic mass is 16.6. The molecule has 0 radical (unpaired) electrons. The van der Waals surface area contributed by atoms with E-state index in [1.54, 1.807) is 10.7 Å². The maximum atomic E-state index is 13.0. The van der Waals surface area contributed by atoms with Gasteiger partial charge in [-0.25, -0.2) is 4.98 Å². The molecule has 0 atom stereocenters. The lowest BCUT2D eigenvalue weighted by molar-refractivity contribution is 0.171. The van der Waals surface area contributed by atoms with Crippen molar-refractivity contribution >= 4 is 16.7 Å². The van der Waals surface area contributed by atoms with Crippen molar-refractivity contribution in [3.63, 3.8) is 0 Å². The second kappa shape index (κ2) is 6.30. The lowest BCUT2D eigenvalue weighted by atomic mass is 10.2. The Morgan fingerprint density at radius 1 is 1.03 bits per heavy atom. The molecule has 2 aliphatic rings. The fourth-order valence-electron chi connectivity index (χ4n) is 4.31. The molecule has 1 aromatic carbocycles. The summed E-state index contributed by atoms with van der Waals surface area (Å²) in [7, 11) is 0. The van der Waals surface area contributed by atoms with Crippen LogP contribution in [0.3, 0.4) is 0 Å². The quantitative estimate of drug-likeness (QED) is 0.524. The van der Waals surface area contributed by atoms with Crippen LogP contribution >= 0.6 is 0 Å². The number of aromatic nitrogens is 5. The number of fused-ring (bicyclic) bond motifs is 4. The van der Waals surface area contributed by atoms with Gasteiger partial charge in [0.15, 0.2) is 17.3 Å². The summed E-state index contributed by atoms with van der Waals surface area (Å²) < 4.78 is 14.7. The molecule has 1 aliphatic carbocycles. The Balaban J connectivity index is 1.48. The molecule has 6 rings (SSSR count). The lowest BCUT2D eigenvalue weighted by Gasteiger charge is -2.18. The molecule has 4 heterocycles. The predicted octanol–water partition coefficient (Wildman–Crippen LogP) is 2.99. The van der Waals surface area contributed by atoms with Gasteiger partial charge in [0.2, 0.25) is 0 Å². The minimum atomic E-state index is -0.0137. The third-order valence-corrected chi connectivity index (χ3v) is 5.78. The van der Waals surface area contributed by atoms with Crippen LogP contribution in [-0.4, -0.2) is 37.4 Å². The number of nitrogens with zero attached hydrogens (tertiary/aromatic N) is 5. The standard InChI is InChI=1S/C21H19N5O3/c27-20-15-12-22-21-23-19(13-5-6-17-18(11-13)29-10-9-28-17)24-26(21)16(15)7-8-25(20)14-3-1-2-4-14/h5-8,11-12,14H,1-4,9-10H2. The van der Waals surface area contributed by atoms with E-state index in [9.17, 15) is 4.79 Å². The lowest BCUT2D eigenvalue weighted by Crippen LogP contribution is -2.23. The fourth-order valence-corrected chi connectivity index (χ4v) is 4.31. The molecule has 4 aromatic rings. The summed E-state index contributed by atoms with van der Waals surface area (Å²) >= 11 is 0. The Bertz CT molecular complexity index is 1300. The van der Waals surface area contributed by atoms with Crippen molar-refractivity contribution in [3.05, 3.63) is 47.0 Å². The normalized spacial score (nSPS) is 16.7. The smallest absolute Gasteiger partial charge is 0.261 e. The van der Waals surface area contributed by atoms with Crippen LogP contribution in [0.4, 0.5) is 0 Å². The van der Waals surface area contributed by atoms with Crippen molar-refractivity contribution in [3.8, 4) is 22.9 Å². The van der Waals surface area contributed by atoms with E-state index < -0.39 is 0 Å². The molecular weight excluding hydrogens is 370 g/mol. The highest BCUT2D eigenvalue weighted by molar-refractivity contribution is 5.79. The Hall–Kier alpha value is -3.42. The van der Waals surface area contributed by atoms with Gasteiger partial charge in [0.05, 0.1) is 10.9 Å². The first-order valence-electron chi connectivity index (χ1n) is 9.94. The molecule has 1 fully saturated rings. The first kappa shape index (κ1) is 16.5. The summed E-state index contributed by atoms with van der Waals surface area (Å²) in [5.41, 5.74) is 1.51. The molecule has 0 unspecified atom stereocenters. The Morgan fingerprint density at radius 2 is 1.86 bits per heavy atom. The summed E-state index contributed by atoms with van der Waals surface area (Å²) in [6.45, 7) is 1.07. The fraction of sp³-hybridized carbons (Fsp3) is 0.333. The van der Waals surface area contributed by atoms with Crippen molar-refractivity contribution in [2.45, 2.75) is 31.7 Å². The summed E-state index contributed by atoms with van der Waals surface area (Å²) in [4.78, 5) is 22.0. The zero-order valence-electron chi connectivity index (χ0n) is 15.7. The summed E-state index contributed by atoms with van der Waals surface area (Å²) in [6, 6.07) is 7.86. The monoisotopic (exact) mass is 389 g/mol. The van der Waals surface area contributed by atoms with Crippen molar-refractivity contribution < 1.29 is 9.47 Å². The van der Waals surface area contributed by atoms with E-state index in [4.69, 9.17) is 9.47 Å². The van der Waals surface area contributed by atoms with Crippen LogP contribution in [0, 0.1) is 0 Å². The summed E-state index contributed by atoms with van der Waals surface area (Å²) in [6.07, 6.45) is 7.95. The van der Waals surface area contributed by atoms with E-state index in [1.165, 1.54) is 12.8 Å². The molecule has 8 heteroatoms. The van der Waals surface area contributed by atoms with Crippen molar-refractivity contribution in [1.29, 1.82) is 0 Å². The van der Waals surface area contributed by atoms with Gasteiger partial charge in [-0.15, -0.1) is 5.10 Å². The van der Waals surface area contributed by atoms with Crippen LogP contribution in [-0.2, 0) is 0 Å². The first-order chi connectivity index (χ1) is 14.3. The molecule has 0 saturated heterocycles. The van der Waals surface area contributed by atoms with Gasteiger partial charge in [-0.05, 0) is 37.1 Å². The van der Waals surface area contributed by atoms with E-state index >= 15 is 0 Å². The SMILES string of the molecule is O=c1c2cnc3nc(-c4ccc5c(c4)OCCO5)nn3c2ccn1C1CCCC1. The van der Waals surface area contributed by atoms with Crippen molar-refractivity contribution in [2.24, 2.45) is 0 Å². The van der Waals surface area contributed by atoms with Crippen LogP contribution in [0.2, 0.25) is 0 Å². The zero-order valence-corrected chi connectivity index (χ0v) is 15.7. The van der Waals surface area contributed by atoms with Gasteiger partial charge in [0, 0.05) is 24.0 Å². The molecule has 3 aromatic heterocycles. The van der Waals surface area contributed by atoms with Gasteiger partial charge in [-0.2, -0.15) is 9.50 Å². The van der Waals surface area contributed by atoms with Gasteiger partial charge in [0.1, 0.15) is 13.2 Å². The second-order valence-electron chi connectivity index (χ2n) is 7.53. The van der Waals surface area contributed by atoms with Gasteiger partial charge >= 0.3 is 0 Å². The number of benzene rings is 1. The third-order valence-electron chi connectivity index (χ3n) is 5.78.